The second-order valence-electron chi connectivity index (χ2n) is 4.00. The van der Waals surface area contributed by atoms with E-state index in [9.17, 15) is 4.79 Å². The third-order valence-corrected chi connectivity index (χ3v) is 2.76. The molecule has 1 amide bonds. The van der Waals surface area contributed by atoms with Gasteiger partial charge in [0.1, 0.15) is 5.75 Å². The van der Waals surface area contributed by atoms with Gasteiger partial charge in [0.15, 0.2) is 0 Å². The highest BCUT2D eigenvalue weighted by molar-refractivity contribution is 6.30. The molecule has 5 heteroatoms. The number of nitrogens with one attached hydrogen (secondary N) is 1. The van der Waals surface area contributed by atoms with Crippen molar-refractivity contribution in [2.45, 2.75) is 32.1 Å². The van der Waals surface area contributed by atoms with Crippen LogP contribution in [0.15, 0.2) is 24.3 Å². The Morgan fingerprint density at radius 2 is 1.83 bits per heavy atom. The molecular weight excluding hydrogens is 254 g/mol. The van der Waals surface area contributed by atoms with Crippen LogP contribution in [0.1, 0.15) is 32.1 Å². The molecule has 0 aliphatic rings. The first-order valence-electron chi connectivity index (χ1n) is 6.03. The van der Waals surface area contributed by atoms with E-state index in [1.54, 1.807) is 17.6 Å². The first-order valence-corrected chi connectivity index (χ1v) is 6.41. The van der Waals surface area contributed by atoms with Gasteiger partial charge >= 0.3 is 0 Å². The zero-order valence-corrected chi connectivity index (χ0v) is 10.9. The lowest BCUT2D eigenvalue weighted by molar-refractivity contribution is -0.129. The average molecular weight is 272 g/mol. The summed E-state index contributed by atoms with van der Waals surface area (Å²) in [5, 5.41) is 8.99. The molecule has 0 unspecified atom stereocenters. The Hall–Kier alpha value is -1.26. The van der Waals surface area contributed by atoms with Gasteiger partial charge in [-0.05, 0) is 37.1 Å². The van der Waals surface area contributed by atoms with E-state index in [0.29, 0.717) is 18.1 Å². The van der Waals surface area contributed by atoms with E-state index in [0.717, 1.165) is 31.4 Å². The lowest BCUT2D eigenvalue weighted by Crippen LogP contribution is -2.17. The van der Waals surface area contributed by atoms with Crippen molar-refractivity contribution < 1.29 is 14.7 Å². The number of benzene rings is 1. The highest BCUT2D eigenvalue weighted by Crippen LogP contribution is 2.15. The molecule has 1 aromatic rings. The van der Waals surface area contributed by atoms with E-state index in [-0.39, 0.29) is 5.91 Å². The molecule has 0 radical (unpaired) electrons. The standard InChI is InChI=1S/C13H18ClNO3/c14-11-6-8-12(9-7-11)18-10-4-2-1-3-5-13(16)15-17/h6-9,17H,1-5,10H2,(H,15,16). The molecule has 4 nitrogen and oxygen atoms in total. The largest absolute Gasteiger partial charge is 0.494 e. The molecule has 0 saturated carbocycles. The molecule has 0 aliphatic heterocycles. The van der Waals surface area contributed by atoms with Gasteiger partial charge < -0.3 is 4.74 Å². The number of amides is 1. The number of carbonyl (C=O) groups is 1. The molecule has 1 aromatic carbocycles. The summed E-state index contributed by atoms with van der Waals surface area (Å²) in [5.41, 5.74) is 1.62. The van der Waals surface area contributed by atoms with Gasteiger partial charge in [0.25, 0.3) is 0 Å². The summed E-state index contributed by atoms with van der Waals surface area (Å²) in [6, 6.07) is 7.27. The number of hydroxylamine groups is 1. The van der Waals surface area contributed by atoms with E-state index >= 15 is 0 Å². The molecule has 0 aliphatic carbocycles. The maximum Gasteiger partial charge on any atom is 0.243 e. The van der Waals surface area contributed by atoms with Gasteiger partial charge in [-0.25, -0.2) is 5.48 Å². The molecule has 1 rings (SSSR count). The zero-order chi connectivity index (χ0) is 13.2. The SMILES string of the molecule is O=C(CCCCCCOc1ccc(Cl)cc1)NO. The first kappa shape index (κ1) is 14.8. The minimum atomic E-state index is -0.326. The van der Waals surface area contributed by atoms with Gasteiger partial charge in [0, 0.05) is 11.4 Å². The Balaban J connectivity index is 1.99. The number of unbranched alkanes of at least 4 members (excludes halogenated alkanes) is 3. The Bertz CT molecular complexity index is 354. The minimum absolute atomic E-state index is 0.326. The van der Waals surface area contributed by atoms with Crippen molar-refractivity contribution in [1.29, 1.82) is 0 Å². The van der Waals surface area contributed by atoms with Crippen molar-refractivity contribution in [2.75, 3.05) is 6.61 Å². The number of rotatable bonds is 8. The number of hydrogen-bond donors (Lipinski definition) is 2. The molecule has 0 fully saturated rings. The fraction of sp³-hybridized carbons (Fsp3) is 0.462. The number of hydrogen-bond acceptors (Lipinski definition) is 3. The van der Waals surface area contributed by atoms with Gasteiger partial charge in [-0.15, -0.1) is 0 Å². The quantitative estimate of drug-likeness (QED) is 0.434. The molecule has 0 spiro atoms. The summed E-state index contributed by atoms with van der Waals surface area (Å²) in [6.07, 6.45) is 4.06. The van der Waals surface area contributed by atoms with Crippen LogP contribution >= 0.6 is 11.6 Å². The molecule has 100 valence electrons. The summed E-state index contributed by atoms with van der Waals surface area (Å²) in [4.78, 5) is 10.7. The van der Waals surface area contributed by atoms with E-state index in [4.69, 9.17) is 21.5 Å². The lowest BCUT2D eigenvalue weighted by atomic mass is 10.1. The molecule has 18 heavy (non-hydrogen) atoms. The van der Waals surface area contributed by atoms with Gasteiger partial charge in [-0.1, -0.05) is 24.4 Å². The van der Waals surface area contributed by atoms with Crippen molar-refractivity contribution in [3.05, 3.63) is 29.3 Å². The Kier molecular flexibility index (Phi) is 7.22. The van der Waals surface area contributed by atoms with Crippen molar-refractivity contribution in [3.63, 3.8) is 0 Å². The Morgan fingerprint density at radius 3 is 2.50 bits per heavy atom. The predicted octanol–water partition coefficient (Wildman–Crippen LogP) is 3.17. The van der Waals surface area contributed by atoms with Crippen molar-refractivity contribution in [2.24, 2.45) is 0 Å². The third-order valence-electron chi connectivity index (χ3n) is 2.51. The van der Waals surface area contributed by atoms with Crippen LogP contribution in [0.3, 0.4) is 0 Å². The second-order valence-corrected chi connectivity index (χ2v) is 4.44. The maximum atomic E-state index is 10.7. The number of ether oxygens (including phenoxy) is 1. The van der Waals surface area contributed by atoms with Crippen molar-refractivity contribution in [3.8, 4) is 5.75 Å². The number of halogens is 1. The highest BCUT2D eigenvalue weighted by atomic mass is 35.5. The smallest absolute Gasteiger partial charge is 0.243 e. The van der Waals surface area contributed by atoms with E-state index in [2.05, 4.69) is 0 Å². The average Bonchev–Trinajstić information content (AvgIpc) is 2.39. The summed E-state index contributed by atoms with van der Waals surface area (Å²) in [7, 11) is 0. The van der Waals surface area contributed by atoms with Crippen molar-refractivity contribution >= 4 is 17.5 Å². The maximum absolute atomic E-state index is 10.7. The fourth-order valence-electron chi connectivity index (χ4n) is 1.52. The molecule has 0 heterocycles. The van der Waals surface area contributed by atoms with Crippen LogP contribution in [0, 0.1) is 0 Å². The molecule has 2 N–H and O–H groups in total. The highest BCUT2D eigenvalue weighted by Gasteiger charge is 1.98. The van der Waals surface area contributed by atoms with Crippen LogP contribution in [0.5, 0.6) is 5.75 Å². The van der Waals surface area contributed by atoms with Crippen LogP contribution < -0.4 is 10.2 Å². The molecule has 0 aromatic heterocycles. The minimum Gasteiger partial charge on any atom is -0.494 e. The Labute approximate surface area is 112 Å². The van der Waals surface area contributed by atoms with Gasteiger partial charge in [0.05, 0.1) is 6.61 Å². The van der Waals surface area contributed by atoms with E-state index in [1.165, 1.54) is 0 Å². The second kappa shape index (κ2) is 8.78. The van der Waals surface area contributed by atoms with Crippen LogP contribution in [0.2, 0.25) is 5.02 Å². The summed E-state index contributed by atoms with van der Waals surface area (Å²) in [5.74, 6) is 0.492. The topological polar surface area (TPSA) is 58.6 Å². The molecule has 0 bridgehead atoms. The summed E-state index contributed by atoms with van der Waals surface area (Å²) < 4.78 is 5.53. The third kappa shape index (κ3) is 6.47. The lowest BCUT2D eigenvalue weighted by Gasteiger charge is -2.05. The predicted molar refractivity (Wildman–Crippen MR) is 70.0 cm³/mol. The normalized spacial score (nSPS) is 10.1. The van der Waals surface area contributed by atoms with Crippen molar-refractivity contribution in [1.82, 2.24) is 5.48 Å². The summed E-state index contributed by atoms with van der Waals surface area (Å²) in [6.45, 7) is 0.661. The van der Waals surface area contributed by atoms with Gasteiger partial charge in [-0.2, -0.15) is 0 Å². The van der Waals surface area contributed by atoms with E-state index in [1.807, 2.05) is 12.1 Å². The first-order chi connectivity index (χ1) is 8.72. The van der Waals surface area contributed by atoms with Crippen LogP contribution in [0.25, 0.3) is 0 Å². The fourth-order valence-corrected chi connectivity index (χ4v) is 1.64. The number of carbonyl (C=O) groups excluding carboxylic acids is 1. The van der Waals surface area contributed by atoms with E-state index < -0.39 is 0 Å². The molecule has 0 saturated heterocycles. The van der Waals surface area contributed by atoms with Crippen LogP contribution in [-0.2, 0) is 4.79 Å². The van der Waals surface area contributed by atoms with Crippen LogP contribution in [0.4, 0.5) is 0 Å². The van der Waals surface area contributed by atoms with Gasteiger partial charge in [0.2, 0.25) is 5.91 Å². The Morgan fingerprint density at radius 1 is 1.17 bits per heavy atom. The molecular formula is C13H18ClNO3. The van der Waals surface area contributed by atoms with Gasteiger partial charge in [-0.3, -0.25) is 10.0 Å². The zero-order valence-electron chi connectivity index (χ0n) is 10.2. The summed E-state index contributed by atoms with van der Waals surface area (Å²) >= 11 is 5.76. The monoisotopic (exact) mass is 271 g/mol. The molecule has 0 atom stereocenters. The van der Waals surface area contributed by atoms with Crippen LogP contribution in [-0.4, -0.2) is 17.7 Å².